The molecule has 0 aliphatic rings. The molecule has 0 heterocycles. The van der Waals surface area contributed by atoms with Crippen LogP contribution in [0.2, 0.25) is 0 Å². The smallest absolute Gasteiger partial charge is 0.169 e. The number of hydrogen-bond donors (Lipinski definition) is 4. The van der Waals surface area contributed by atoms with Gasteiger partial charge in [-0.05, 0) is 74.4 Å². The van der Waals surface area contributed by atoms with Crippen molar-refractivity contribution in [1.29, 1.82) is 0 Å². The molecule has 0 N–H and O–H groups in total. The number of benzene rings is 4. The summed E-state index contributed by atoms with van der Waals surface area (Å²) >= 11 is 17.5. The molecular weight excluding hydrogens is 961 g/mol. The summed E-state index contributed by atoms with van der Waals surface area (Å²) in [7, 11) is 0. The van der Waals surface area contributed by atoms with E-state index in [1.807, 2.05) is 0 Å². The standard InChI is InChI=1S/C64H106O4S4/c69-51-37-29-21-13-5-1-9-17-25-33-47-65-61-55-43-41-45-57-59(55)60-56(62(61)66-48-34-26-18-10-2-6-14-22-30-38-52-70)44-42-46-58(60)64(68-50-36-28-20-12-4-8-16-24-32-40-54-72)63(57)67-49-35-27-19-11-3-7-15-23-31-39-53-71/h41-46,69-72H,1-40,47-54H2. The van der Waals surface area contributed by atoms with Crippen LogP contribution in [-0.2, 0) is 0 Å². The first-order chi connectivity index (χ1) is 35.8. The minimum atomic E-state index is 0.694. The van der Waals surface area contributed by atoms with Gasteiger partial charge in [0.1, 0.15) is 0 Å². The van der Waals surface area contributed by atoms with Crippen molar-refractivity contribution >= 4 is 82.8 Å². The second-order valence-corrected chi connectivity index (χ2v) is 23.0. The second-order valence-electron chi connectivity index (χ2n) is 21.2. The number of thiol groups is 4. The summed E-state index contributed by atoms with van der Waals surface area (Å²) in [6.45, 7) is 2.77. The molecule has 0 bridgehead atoms. The molecule has 0 amide bonds. The summed E-state index contributed by atoms with van der Waals surface area (Å²) in [6.07, 6.45) is 51.3. The van der Waals surface area contributed by atoms with Gasteiger partial charge in [0, 0.05) is 32.3 Å². The molecule has 8 heteroatoms. The molecule has 0 spiro atoms. The Balaban J connectivity index is 1.50. The van der Waals surface area contributed by atoms with E-state index in [9.17, 15) is 0 Å². The van der Waals surface area contributed by atoms with Gasteiger partial charge in [-0.25, -0.2) is 0 Å². The third-order valence-electron chi connectivity index (χ3n) is 15.0. The molecule has 0 atom stereocenters. The minimum Gasteiger partial charge on any atom is -0.489 e. The molecule has 0 aromatic heterocycles. The van der Waals surface area contributed by atoms with E-state index in [1.165, 1.54) is 242 Å². The van der Waals surface area contributed by atoms with E-state index in [4.69, 9.17) is 18.9 Å². The van der Waals surface area contributed by atoms with E-state index < -0.39 is 0 Å². The molecular formula is C64H106O4S4. The highest BCUT2D eigenvalue weighted by Crippen LogP contribution is 2.53. The fourth-order valence-electron chi connectivity index (χ4n) is 10.7. The Morgan fingerprint density at radius 3 is 0.528 bits per heavy atom. The SMILES string of the molecule is SCCCCCCCCCCCCOc1c(OCCCCCCCCCCCCS)c2cccc3c(OCCCCCCCCCCCCS)c(OCCCCCCCCCCCCS)c4cccc1c4c23. The molecule has 4 aromatic carbocycles. The average molecular weight is 1070 g/mol. The third-order valence-corrected chi connectivity index (χ3v) is 16.2. The summed E-state index contributed by atoms with van der Waals surface area (Å²) in [6, 6.07) is 13.4. The summed E-state index contributed by atoms with van der Waals surface area (Å²) in [5.41, 5.74) is 0. The third kappa shape index (κ3) is 25.6. The van der Waals surface area contributed by atoms with Gasteiger partial charge in [-0.2, -0.15) is 50.5 Å². The molecule has 0 unspecified atom stereocenters. The highest BCUT2D eigenvalue weighted by atomic mass is 32.1. The Bertz CT molecular complexity index is 1610. The van der Waals surface area contributed by atoms with Crippen LogP contribution in [0.3, 0.4) is 0 Å². The van der Waals surface area contributed by atoms with Crippen LogP contribution in [0.4, 0.5) is 0 Å². The maximum atomic E-state index is 6.98. The number of rotatable bonds is 52. The monoisotopic (exact) mass is 1070 g/mol. The number of unbranched alkanes of at least 4 members (excludes halogenated alkanes) is 36. The van der Waals surface area contributed by atoms with Crippen LogP contribution in [0.5, 0.6) is 23.0 Å². The molecule has 0 radical (unpaired) electrons. The van der Waals surface area contributed by atoms with E-state index in [-0.39, 0.29) is 0 Å². The molecule has 4 nitrogen and oxygen atoms in total. The Labute approximate surface area is 464 Å². The van der Waals surface area contributed by atoms with Gasteiger partial charge in [0.05, 0.1) is 26.4 Å². The first-order valence-corrected chi connectivity index (χ1v) is 33.0. The maximum absolute atomic E-state index is 6.98. The minimum absolute atomic E-state index is 0.694. The normalized spacial score (nSPS) is 11.8. The highest BCUT2D eigenvalue weighted by Gasteiger charge is 2.26. The lowest BCUT2D eigenvalue weighted by Gasteiger charge is -2.24. The molecule has 410 valence electrons. The van der Waals surface area contributed by atoms with Crippen molar-refractivity contribution in [2.75, 3.05) is 49.4 Å². The van der Waals surface area contributed by atoms with Crippen LogP contribution < -0.4 is 18.9 Å². The second kappa shape index (κ2) is 43.6. The van der Waals surface area contributed by atoms with Crippen molar-refractivity contribution in [2.45, 2.75) is 257 Å². The number of hydrogen-bond acceptors (Lipinski definition) is 8. The Hall–Kier alpha value is -1.48. The van der Waals surface area contributed by atoms with Gasteiger partial charge in [-0.15, -0.1) is 0 Å². The predicted molar refractivity (Wildman–Crippen MR) is 332 cm³/mol. The lowest BCUT2D eigenvalue weighted by atomic mass is 9.91. The van der Waals surface area contributed by atoms with Crippen LogP contribution in [0, 0.1) is 0 Å². The van der Waals surface area contributed by atoms with Gasteiger partial charge >= 0.3 is 0 Å². The Morgan fingerprint density at radius 2 is 0.361 bits per heavy atom. The Morgan fingerprint density at radius 1 is 0.208 bits per heavy atom. The van der Waals surface area contributed by atoms with Crippen LogP contribution in [0.15, 0.2) is 36.4 Å². The van der Waals surface area contributed by atoms with Gasteiger partial charge in [0.2, 0.25) is 0 Å². The lowest BCUT2D eigenvalue weighted by molar-refractivity contribution is 0.262. The molecule has 0 aliphatic heterocycles. The van der Waals surface area contributed by atoms with Gasteiger partial charge in [0.25, 0.3) is 0 Å². The topological polar surface area (TPSA) is 36.9 Å². The van der Waals surface area contributed by atoms with E-state index in [0.29, 0.717) is 26.4 Å². The predicted octanol–water partition coefficient (Wildman–Crippen LogP) is 21.4. The van der Waals surface area contributed by atoms with Crippen LogP contribution in [0.25, 0.3) is 32.3 Å². The molecule has 0 aliphatic carbocycles. The first kappa shape index (κ1) is 63.1. The first-order valence-electron chi connectivity index (χ1n) is 30.5. The summed E-state index contributed by atoms with van der Waals surface area (Å²) in [4.78, 5) is 0. The molecule has 0 fully saturated rings. The van der Waals surface area contributed by atoms with Crippen molar-refractivity contribution in [3.05, 3.63) is 36.4 Å². The molecule has 4 aromatic rings. The molecule has 0 saturated carbocycles. The molecule has 0 saturated heterocycles. The van der Waals surface area contributed by atoms with E-state index in [0.717, 1.165) is 93.2 Å². The van der Waals surface area contributed by atoms with Gasteiger partial charge in [-0.3, -0.25) is 0 Å². The summed E-state index contributed by atoms with van der Waals surface area (Å²) in [5, 5.41) is 6.94. The molecule has 4 rings (SSSR count). The zero-order valence-electron chi connectivity index (χ0n) is 45.8. The van der Waals surface area contributed by atoms with E-state index in [1.54, 1.807) is 0 Å². The van der Waals surface area contributed by atoms with Crippen LogP contribution in [0.1, 0.15) is 257 Å². The van der Waals surface area contributed by atoms with E-state index in [2.05, 4.69) is 86.9 Å². The van der Waals surface area contributed by atoms with Gasteiger partial charge in [-0.1, -0.05) is 242 Å². The zero-order chi connectivity index (χ0) is 50.8. The summed E-state index contributed by atoms with van der Waals surface area (Å²) < 4.78 is 27.9. The van der Waals surface area contributed by atoms with Crippen LogP contribution in [-0.4, -0.2) is 49.4 Å². The van der Waals surface area contributed by atoms with Crippen LogP contribution >= 0.6 is 50.5 Å². The van der Waals surface area contributed by atoms with Gasteiger partial charge in [0.15, 0.2) is 23.0 Å². The summed E-state index contributed by atoms with van der Waals surface area (Å²) in [5.74, 6) is 7.68. The number of ether oxygens (including phenoxy) is 4. The molecule has 72 heavy (non-hydrogen) atoms. The van der Waals surface area contributed by atoms with E-state index >= 15 is 0 Å². The largest absolute Gasteiger partial charge is 0.489 e. The Kier molecular flexibility index (Phi) is 38.2. The van der Waals surface area contributed by atoms with Crippen molar-refractivity contribution < 1.29 is 18.9 Å². The average Bonchev–Trinajstić information content (AvgIpc) is 3.40. The van der Waals surface area contributed by atoms with Crippen molar-refractivity contribution in [1.82, 2.24) is 0 Å². The van der Waals surface area contributed by atoms with Crippen molar-refractivity contribution in [2.24, 2.45) is 0 Å². The van der Waals surface area contributed by atoms with Gasteiger partial charge < -0.3 is 18.9 Å². The maximum Gasteiger partial charge on any atom is 0.169 e. The highest BCUT2D eigenvalue weighted by molar-refractivity contribution is 7.80. The fourth-order valence-corrected chi connectivity index (χ4v) is 11.6. The lowest BCUT2D eigenvalue weighted by Crippen LogP contribution is -2.07. The van der Waals surface area contributed by atoms with Crippen molar-refractivity contribution in [3.8, 4) is 23.0 Å². The zero-order valence-corrected chi connectivity index (χ0v) is 49.4. The van der Waals surface area contributed by atoms with Crippen molar-refractivity contribution in [3.63, 3.8) is 0 Å². The quantitative estimate of drug-likeness (QED) is 0.0202. The fraction of sp³-hybridized carbons (Fsp3) is 0.750.